The number of pyridine rings is 1. The first-order valence-electron chi connectivity index (χ1n) is 9.40. The van der Waals surface area contributed by atoms with E-state index in [1.165, 1.54) is 11.3 Å². The van der Waals surface area contributed by atoms with Gasteiger partial charge < -0.3 is 15.7 Å². The Morgan fingerprint density at radius 2 is 1.70 bits per heavy atom. The highest BCUT2D eigenvalue weighted by Crippen LogP contribution is 2.32. The van der Waals surface area contributed by atoms with Crippen molar-refractivity contribution in [3.05, 3.63) is 77.9 Å². The van der Waals surface area contributed by atoms with Crippen LogP contribution in [0.15, 0.2) is 73.1 Å². The number of carbonyl (C=O) groups is 2. The second-order valence-corrected chi connectivity index (χ2v) is 7.76. The van der Waals surface area contributed by atoms with E-state index in [2.05, 4.69) is 39.9 Å². The summed E-state index contributed by atoms with van der Waals surface area (Å²) >= 11 is 1.33. The van der Waals surface area contributed by atoms with Gasteiger partial charge in [0.25, 0.3) is 5.91 Å². The van der Waals surface area contributed by atoms with Crippen molar-refractivity contribution in [3.8, 4) is 11.1 Å². The first-order valence-corrected chi connectivity index (χ1v) is 10.2. The molecule has 0 saturated carbocycles. The van der Waals surface area contributed by atoms with Crippen molar-refractivity contribution in [1.82, 2.24) is 10.3 Å². The summed E-state index contributed by atoms with van der Waals surface area (Å²) in [6.45, 7) is 0.0968. The number of anilines is 2. The molecule has 3 N–H and O–H groups in total. The molecule has 6 nitrogen and oxygen atoms in total. The summed E-state index contributed by atoms with van der Waals surface area (Å²) in [5, 5.41) is 15.6. The van der Waals surface area contributed by atoms with E-state index in [1.807, 2.05) is 30.3 Å². The predicted octanol–water partition coefficient (Wildman–Crippen LogP) is 4.91. The number of benzene rings is 2. The van der Waals surface area contributed by atoms with Gasteiger partial charge in [-0.15, -0.1) is 11.3 Å². The third-order valence-corrected chi connectivity index (χ3v) is 5.63. The molecule has 0 saturated heterocycles. The molecule has 30 heavy (non-hydrogen) atoms. The fourth-order valence-corrected chi connectivity index (χ4v) is 4.05. The summed E-state index contributed by atoms with van der Waals surface area (Å²) in [4.78, 5) is 27.7. The van der Waals surface area contributed by atoms with Crippen LogP contribution in [0.5, 0.6) is 0 Å². The molecule has 2 aromatic carbocycles. The Morgan fingerprint density at radius 1 is 0.967 bits per heavy atom. The van der Waals surface area contributed by atoms with Gasteiger partial charge in [-0.1, -0.05) is 42.5 Å². The topological polar surface area (TPSA) is 91.3 Å². The Labute approximate surface area is 177 Å². The van der Waals surface area contributed by atoms with Crippen LogP contribution in [-0.2, 0) is 4.79 Å². The lowest BCUT2D eigenvalue weighted by molar-refractivity contribution is -0.136. The van der Waals surface area contributed by atoms with Crippen LogP contribution in [0.25, 0.3) is 21.2 Å². The largest absolute Gasteiger partial charge is 0.481 e. The molecule has 0 fully saturated rings. The van der Waals surface area contributed by atoms with Crippen LogP contribution in [0.2, 0.25) is 0 Å². The number of amides is 1. The minimum Gasteiger partial charge on any atom is -0.481 e. The van der Waals surface area contributed by atoms with Crippen LogP contribution >= 0.6 is 11.3 Å². The van der Waals surface area contributed by atoms with Gasteiger partial charge >= 0.3 is 5.97 Å². The van der Waals surface area contributed by atoms with E-state index in [0.717, 1.165) is 32.6 Å². The van der Waals surface area contributed by atoms with Crippen molar-refractivity contribution in [2.24, 2.45) is 0 Å². The highest BCUT2D eigenvalue weighted by atomic mass is 32.1. The van der Waals surface area contributed by atoms with E-state index in [0.29, 0.717) is 4.88 Å². The molecule has 150 valence electrons. The molecule has 2 heterocycles. The molecule has 7 heteroatoms. The van der Waals surface area contributed by atoms with Gasteiger partial charge in [-0.25, -0.2) is 0 Å². The van der Waals surface area contributed by atoms with Crippen molar-refractivity contribution in [3.63, 3.8) is 0 Å². The lowest BCUT2D eigenvalue weighted by Crippen LogP contribution is -2.25. The highest BCUT2D eigenvalue weighted by Gasteiger charge is 2.13. The normalized spacial score (nSPS) is 10.7. The maximum Gasteiger partial charge on any atom is 0.305 e. The van der Waals surface area contributed by atoms with Crippen LogP contribution in [-0.4, -0.2) is 28.5 Å². The average Bonchev–Trinajstić information content (AvgIpc) is 3.20. The molecule has 0 bridgehead atoms. The summed E-state index contributed by atoms with van der Waals surface area (Å²) in [6, 6.07) is 20.1. The lowest BCUT2D eigenvalue weighted by atomic mass is 10.1. The molecule has 0 aliphatic rings. The number of carboxylic acid groups (broad SMARTS) is 1. The molecule has 0 aliphatic carbocycles. The van der Waals surface area contributed by atoms with Crippen LogP contribution < -0.4 is 10.6 Å². The number of nitrogens with zero attached hydrogens (tertiary/aromatic N) is 1. The summed E-state index contributed by atoms with van der Waals surface area (Å²) < 4.78 is 0.879. The fraction of sp³-hybridized carbons (Fsp3) is 0.0870. The summed E-state index contributed by atoms with van der Waals surface area (Å²) in [7, 11) is 0. The number of aliphatic carboxylic acids is 1. The summed E-state index contributed by atoms with van der Waals surface area (Å²) in [5.74, 6) is -1.23. The SMILES string of the molecule is O=C(O)CCNC(=O)c1cc2c(Nc3ccc(-c4ccccc4)cc3)cncc2s1. The number of hydrogen-bond donors (Lipinski definition) is 3. The van der Waals surface area contributed by atoms with Gasteiger partial charge in [-0.3, -0.25) is 14.6 Å². The minimum atomic E-state index is -0.944. The van der Waals surface area contributed by atoms with Crippen molar-refractivity contribution >= 4 is 44.7 Å². The van der Waals surface area contributed by atoms with E-state index in [-0.39, 0.29) is 18.9 Å². The first kappa shape index (κ1) is 19.6. The maximum absolute atomic E-state index is 12.3. The number of hydrogen-bond acceptors (Lipinski definition) is 5. The number of aromatic nitrogens is 1. The van der Waals surface area contributed by atoms with Crippen molar-refractivity contribution in [2.45, 2.75) is 6.42 Å². The maximum atomic E-state index is 12.3. The van der Waals surface area contributed by atoms with Gasteiger partial charge in [0.1, 0.15) is 0 Å². The Morgan fingerprint density at radius 3 is 2.43 bits per heavy atom. The molecule has 2 aromatic heterocycles. The lowest BCUT2D eigenvalue weighted by Gasteiger charge is -2.08. The summed E-state index contributed by atoms with van der Waals surface area (Å²) in [5.41, 5.74) is 4.01. The van der Waals surface area contributed by atoms with Gasteiger partial charge in [-0.2, -0.15) is 0 Å². The average molecular weight is 417 g/mol. The Balaban J connectivity index is 1.52. The molecule has 1 amide bonds. The minimum absolute atomic E-state index is 0.0968. The van der Waals surface area contributed by atoms with E-state index >= 15 is 0 Å². The molecule has 0 atom stereocenters. The zero-order valence-corrected chi connectivity index (χ0v) is 16.8. The summed E-state index contributed by atoms with van der Waals surface area (Å²) in [6.07, 6.45) is 3.34. The number of fused-ring (bicyclic) bond motifs is 1. The molecule has 0 spiro atoms. The quantitative estimate of drug-likeness (QED) is 0.397. The molecule has 0 aliphatic heterocycles. The van der Waals surface area contributed by atoms with Crippen molar-refractivity contribution < 1.29 is 14.7 Å². The predicted molar refractivity (Wildman–Crippen MR) is 119 cm³/mol. The van der Waals surface area contributed by atoms with Crippen LogP contribution in [0.3, 0.4) is 0 Å². The number of nitrogens with one attached hydrogen (secondary N) is 2. The Kier molecular flexibility index (Phi) is 5.72. The standard InChI is InChI=1S/C23H19N3O3S/c27-22(28)10-11-25-23(29)20-12-18-19(13-24-14-21(18)30-20)26-17-8-6-16(7-9-17)15-4-2-1-3-5-15/h1-9,12-14,26H,10-11H2,(H,25,29)(H,27,28). The molecular formula is C23H19N3O3S. The second-order valence-electron chi connectivity index (χ2n) is 6.68. The third kappa shape index (κ3) is 4.47. The Bertz CT molecular complexity index is 1190. The van der Waals surface area contributed by atoms with Gasteiger partial charge in [0.2, 0.25) is 0 Å². The Hall–Kier alpha value is -3.71. The molecular weight excluding hydrogens is 398 g/mol. The number of rotatable bonds is 7. The zero-order chi connectivity index (χ0) is 20.9. The smallest absolute Gasteiger partial charge is 0.305 e. The van der Waals surface area contributed by atoms with E-state index in [9.17, 15) is 9.59 Å². The highest BCUT2D eigenvalue weighted by molar-refractivity contribution is 7.20. The van der Waals surface area contributed by atoms with Gasteiger partial charge in [0, 0.05) is 23.8 Å². The van der Waals surface area contributed by atoms with Gasteiger partial charge in [-0.05, 0) is 29.3 Å². The third-order valence-electron chi connectivity index (χ3n) is 4.57. The number of carboxylic acids is 1. The fourth-order valence-electron chi connectivity index (χ4n) is 3.07. The van der Waals surface area contributed by atoms with Gasteiger partial charge in [0.15, 0.2) is 0 Å². The first-order chi connectivity index (χ1) is 14.6. The van der Waals surface area contributed by atoms with E-state index < -0.39 is 5.97 Å². The number of thiophene rings is 1. The van der Waals surface area contributed by atoms with Crippen LogP contribution in [0.4, 0.5) is 11.4 Å². The van der Waals surface area contributed by atoms with E-state index in [4.69, 9.17) is 5.11 Å². The van der Waals surface area contributed by atoms with Gasteiger partial charge in [0.05, 0.1) is 27.9 Å². The van der Waals surface area contributed by atoms with E-state index in [1.54, 1.807) is 18.5 Å². The molecule has 4 aromatic rings. The molecule has 0 radical (unpaired) electrons. The van der Waals surface area contributed by atoms with Crippen LogP contribution in [0, 0.1) is 0 Å². The second kappa shape index (κ2) is 8.75. The number of carbonyl (C=O) groups excluding carboxylic acids is 1. The zero-order valence-electron chi connectivity index (χ0n) is 16.0. The van der Waals surface area contributed by atoms with Crippen LogP contribution in [0.1, 0.15) is 16.1 Å². The monoisotopic (exact) mass is 417 g/mol. The molecule has 0 unspecified atom stereocenters. The van der Waals surface area contributed by atoms with Crippen molar-refractivity contribution in [2.75, 3.05) is 11.9 Å². The van der Waals surface area contributed by atoms with Crippen molar-refractivity contribution in [1.29, 1.82) is 0 Å². The molecule has 4 rings (SSSR count).